The molecule has 1 fully saturated rings. The molecule has 0 saturated carbocycles. The normalized spacial score (nSPS) is 18.4. The van der Waals surface area contributed by atoms with Gasteiger partial charge in [0, 0.05) is 36.2 Å². The average molecular weight is 550 g/mol. The smallest absolute Gasteiger partial charge is 0.245 e. The Balaban J connectivity index is 1.57. The maximum absolute atomic E-state index is 13.8. The molecule has 2 aromatic rings. The molecule has 2 heterocycles. The van der Waals surface area contributed by atoms with E-state index in [9.17, 15) is 18.0 Å². The van der Waals surface area contributed by atoms with E-state index >= 15 is 0 Å². The van der Waals surface area contributed by atoms with Gasteiger partial charge in [-0.3, -0.25) is 9.59 Å². The van der Waals surface area contributed by atoms with Crippen LogP contribution >= 0.6 is 15.9 Å². The van der Waals surface area contributed by atoms with Crippen molar-refractivity contribution in [1.29, 1.82) is 0 Å². The molecule has 1 N–H and O–H groups in total. The van der Waals surface area contributed by atoms with Crippen molar-refractivity contribution in [2.45, 2.75) is 37.5 Å². The molecular formula is C24H28BrN3O5S. The van der Waals surface area contributed by atoms with Gasteiger partial charge in [-0.05, 0) is 61.2 Å². The van der Waals surface area contributed by atoms with E-state index < -0.39 is 15.9 Å². The van der Waals surface area contributed by atoms with Crippen molar-refractivity contribution in [1.82, 2.24) is 4.31 Å². The highest BCUT2D eigenvalue weighted by molar-refractivity contribution is 9.10. The molecule has 0 spiro atoms. The SMILES string of the molecule is CCC(=O)N1CCc2cc(Br)cc(S(=O)(=O)N3CCCC(C(=O)Nc4ccc(OC)cc4)C3)c21. The predicted molar refractivity (Wildman–Crippen MR) is 134 cm³/mol. The number of halogens is 1. The largest absolute Gasteiger partial charge is 0.497 e. The summed E-state index contributed by atoms with van der Waals surface area (Å²) in [7, 11) is -2.35. The van der Waals surface area contributed by atoms with Gasteiger partial charge in [-0.1, -0.05) is 22.9 Å². The molecule has 1 atom stereocenters. The fourth-order valence-corrected chi connectivity index (χ4v) is 6.98. The van der Waals surface area contributed by atoms with E-state index in [2.05, 4.69) is 21.2 Å². The predicted octanol–water partition coefficient (Wildman–Crippen LogP) is 3.80. The third-order valence-corrected chi connectivity index (χ3v) is 8.66. The van der Waals surface area contributed by atoms with E-state index in [1.165, 1.54) is 4.31 Å². The molecule has 0 bridgehead atoms. The molecule has 34 heavy (non-hydrogen) atoms. The molecule has 0 aliphatic carbocycles. The number of anilines is 2. The number of fused-ring (bicyclic) bond motifs is 1. The minimum atomic E-state index is -3.92. The Hall–Kier alpha value is -2.43. The van der Waals surface area contributed by atoms with Crippen LogP contribution in [0.4, 0.5) is 11.4 Å². The summed E-state index contributed by atoms with van der Waals surface area (Å²) in [4.78, 5) is 27.1. The van der Waals surface area contributed by atoms with Gasteiger partial charge in [0.05, 0.1) is 18.7 Å². The van der Waals surface area contributed by atoms with Gasteiger partial charge in [-0.15, -0.1) is 0 Å². The highest BCUT2D eigenvalue weighted by Crippen LogP contribution is 2.40. The van der Waals surface area contributed by atoms with Crippen LogP contribution in [0.2, 0.25) is 0 Å². The number of sulfonamides is 1. The van der Waals surface area contributed by atoms with Crippen molar-refractivity contribution in [3.05, 3.63) is 46.4 Å². The summed E-state index contributed by atoms with van der Waals surface area (Å²) < 4.78 is 34.7. The van der Waals surface area contributed by atoms with Crippen LogP contribution in [0, 0.1) is 5.92 Å². The number of nitrogens with one attached hydrogen (secondary N) is 1. The fraction of sp³-hybridized carbons (Fsp3) is 0.417. The molecular weight excluding hydrogens is 522 g/mol. The quantitative estimate of drug-likeness (QED) is 0.591. The standard InChI is InChI=1S/C24H28BrN3O5S/c1-3-22(29)28-12-10-16-13-18(25)14-21(23(16)28)34(31,32)27-11-4-5-17(15-27)24(30)26-19-6-8-20(33-2)9-7-19/h6-9,13-14,17H,3-5,10-12,15H2,1-2H3,(H,26,30). The van der Waals surface area contributed by atoms with E-state index in [0.29, 0.717) is 60.4 Å². The first-order valence-corrected chi connectivity index (χ1v) is 13.6. The molecule has 1 saturated heterocycles. The first kappa shape index (κ1) is 24.7. The number of amides is 2. The van der Waals surface area contributed by atoms with Gasteiger partial charge in [-0.2, -0.15) is 4.31 Å². The number of hydrogen-bond acceptors (Lipinski definition) is 5. The molecule has 182 valence electrons. The lowest BCUT2D eigenvalue weighted by atomic mass is 9.99. The average Bonchev–Trinajstić information content (AvgIpc) is 3.27. The lowest BCUT2D eigenvalue weighted by molar-refractivity contribution is -0.121. The van der Waals surface area contributed by atoms with Gasteiger partial charge in [-0.25, -0.2) is 8.42 Å². The highest BCUT2D eigenvalue weighted by atomic mass is 79.9. The Morgan fingerprint density at radius 2 is 1.91 bits per heavy atom. The number of carbonyl (C=O) groups is 2. The van der Waals surface area contributed by atoms with Gasteiger partial charge in [0.15, 0.2) is 0 Å². The summed E-state index contributed by atoms with van der Waals surface area (Å²) in [6.45, 7) is 2.66. The maximum atomic E-state index is 13.8. The first-order chi connectivity index (χ1) is 16.2. The number of hydrogen-bond donors (Lipinski definition) is 1. The van der Waals surface area contributed by atoms with Crippen molar-refractivity contribution in [3.8, 4) is 5.75 Å². The second-order valence-electron chi connectivity index (χ2n) is 8.48. The first-order valence-electron chi connectivity index (χ1n) is 11.3. The third kappa shape index (κ3) is 4.85. The number of methoxy groups -OCH3 is 1. The highest BCUT2D eigenvalue weighted by Gasteiger charge is 2.38. The number of nitrogens with zero attached hydrogens (tertiary/aromatic N) is 2. The second kappa shape index (κ2) is 10.1. The second-order valence-corrected chi connectivity index (χ2v) is 11.3. The minimum absolute atomic E-state index is 0.0906. The van der Waals surface area contributed by atoms with Crippen LogP contribution in [-0.4, -0.2) is 51.3 Å². The summed E-state index contributed by atoms with van der Waals surface area (Å²) >= 11 is 3.43. The Kier molecular flexibility index (Phi) is 7.30. The van der Waals surface area contributed by atoms with Gasteiger partial charge in [0.1, 0.15) is 10.6 Å². The Morgan fingerprint density at radius 3 is 2.59 bits per heavy atom. The van der Waals surface area contributed by atoms with E-state index in [-0.39, 0.29) is 23.3 Å². The molecule has 4 rings (SSSR count). The number of rotatable bonds is 6. The number of ether oxygens (including phenoxy) is 1. The summed E-state index contributed by atoms with van der Waals surface area (Å²) in [5.41, 5.74) is 1.93. The van der Waals surface area contributed by atoms with Crippen molar-refractivity contribution >= 4 is 49.1 Å². The van der Waals surface area contributed by atoms with Gasteiger partial charge >= 0.3 is 0 Å². The maximum Gasteiger partial charge on any atom is 0.245 e. The van der Waals surface area contributed by atoms with Crippen molar-refractivity contribution in [3.63, 3.8) is 0 Å². The molecule has 8 nitrogen and oxygen atoms in total. The lowest BCUT2D eigenvalue weighted by Gasteiger charge is -2.32. The molecule has 2 aliphatic rings. The van der Waals surface area contributed by atoms with E-state index in [0.717, 1.165) is 5.56 Å². The minimum Gasteiger partial charge on any atom is -0.497 e. The zero-order valence-corrected chi connectivity index (χ0v) is 21.6. The van der Waals surface area contributed by atoms with E-state index in [1.54, 1.807) is 49.3 Å². The van der Waals surface area contributed by atoms with Crippen LogP contribution in [-0.2, 0) is 26.0 Å². The molecule has 1 unspecified atom stereocenters. The molecule has 0 radical (unpaired) electrons. The number of piperidine rings is 1. The topological polar surface area (TPSA) is 96.0 Å². The monoisotopic (exact) mass is 549 g/mol. The Labute approximate surface area is 208 Å². The number of carbonyl (C=O) groups excluding carboxylic acids is 2. The summed E-state index contributed by atoms with van der Waals surface area (Å²) in [5, 5.41) is 2.88. The summed E-state index contributed by atoms with van der Waals surface area (Å²) in [6.07, 6.45) is 2.08. The molecule has 2 amide bonds. The van der Waals surface area contributed by atoms with Crippen LogP contribution in [0.25, 0.3) is 0 Å². The van der Waals surface area contributed by atoms with Crippen molar-refractivity contribution in [2.75, 3.05) is 37.0 Å². The Morgan fingerprint density at radius 1 is 1.18 bits per heavy atom. The van der Waals surface area contributed by atoms with Crippen molar-refractivity contribution in [2.24, 2.45) is 5.92 Å². The van der Waals surface area contributed by atoms with Gasteiger partial charge in [0.2, 0.25) is 21.8 Å². The Bertz CT molecular complexity index is 1200. The molecule has 2 aliphatic heterocycles. The van der Waals surface area contributed by atoms with Crippen LogP contribution in [0.5, 0.6) is 5.75 Å². The third-order valence-electron chi connectivity index (χ3n) is 6.33. The van der Waals surface area contributed by atoms with Gasteiger partial charge in [0.25, 0.3) is 0 Å². The zero-order chi connectivity index (χ0) is 24.5. The lowest BCUT2D eigenvalue weighted by Crippen LogP contribution is -2.44. The molecule has 10 heteroatoms. The molecule has 0 aromatic heterocycles. The summed E-state index contributed by atoms with van der Waals surface area (Å²) in [5.74, 6) is -0.107. The van der Waals surface area contributed by atoms with Crippen LogP contribution in [0.15, 0.2) is 45.8 Å². The zero-order valence-electron chi connectivity index (χ0n) is 19.2. The fourth-order valence-electron chi connectivity index (χ4n) is 4.54. The van der Waals surface area contributed by atoms with Crippen LogP contribution < -0.4 is 15.0 Å². The van der Waals surface area contributed by atoms with Crippen LogP contribution in [0.1, 0.15) is 31.7 Å². The number of benzene rings is 2. The van der Waals surface area contributed by atoms with Crippen molar-refractivity contribution < 1.29 is 22.7 Å². The summed E-state index contributed by atoms with van der Waals surface area (Å²) in [6, 6.07) is 10.4. The van der Waals surface area contributed by atoms with Crippen LogP contribution in [0.3, 0.4) is 0 Å². The molecule has 2 aromatic carbocycles. The van der Waals surface area contributed by atoms with Gasteiger partial charge < -0.3 is 15.0 Å². The van der Waals surface area contributed by atoms with E-state index in [4.69, 9.17) is 4.74 Å². The van der Waals surface area contributed by atoms with E-state index in [1.807, 2.05) is 6.07 Å².